The highest BCUT2D eigenvalue weighted by atomic mass is 19.1. The standard InChI is InChI=1S/C23H31FO6/c1-19-7-5-15(25)9-14(19)3-4-17-16-6-8-21(20(16,2)10-18(26)23(17,19)24)22(30-13-28-21)11-27-12-29-22/h3,16-18,26H,4-13H2,1-2H3/t16-,17-,18-,19-,20-,21+,22?,23-/m0/s1. The van der Waals surface area contributed by atoms with Gasteiger partial charge in [0.15, 0.2) is 13.6 Å². The van der Waals surface area contributed by atoms with E-state index in [4.69, 9.17) is 18.9 Å². The van der Waals surface area contributed by atoms with Gasteiger partial charge in [0.05, 0.1) is 6.10 Å². The molecule has 5 fully saturated rings. The Morgan fingerprint density at radius 3 is 2.70 bits per heavy atom. The number of aliphatic hydroxyl groups is 1. The van der Waals surface area contributed by atoms with E-state index in [0.29, 0.717) is 38.7 Å². The van der Waals surface area contributed by atoms with Crippen LogP contribution in [0.15, 0.2) is 11.6 Å². The van der Waals surface area contributed by atoms with Crippen molar-refractivity contribution >= 4 is 5.78 Å². The first-order valence-electron chi connectivity index (χ1n) is 11.3. The lowest BCUT2D eigenvalue weighted by Crippen LogP contribution is -2.71. The van der Waals surface area contributed by atoms with Gasteiger partial charge >= 0.3 is 0 Å². The smallest absolute Gasteiger partial charge is 0.226 e. The van der Waals surface area contributed by atoms with Crippen LogP contribution in [0.3, 0.4) is 0 Å². The number of ketones is 1. The Kier molecular flexibility index (Phi) is 3.91. The maximum Gasteiger partial charge on any atom is 0.226 e. The van der Waals surface area contributed by atoms with Crippen LogP contribution in [0.2, 0.25) is 0 Å². The Morgan fingerprint density at radius 2 is 1.93 bits per heavy atom. The Balaban J connectivity index is 1.45. The Morgan fingerprint density at radius 1 is 1.13 bits per heavy atom. The van der Waals surface area contributed by atoms with E-state index in [2.05, 4.69) is 13.0 Å². The van der Waals surface area contributed by atoms with E-state index in [1.54, 1.807) is 0 Å². The molecule has 6 rings (SSSR count). The van der Waals surface area contributed by atoms with E-state index >= 15 is 4.39 Å². The summed E-state index contributed by atoms with van der Waals surface area (Å²) in [6, 6.07) is 0. The van der Waals surface area contributed by atoms with Gasteiger partial charge in [-0.2, -0.15) is 0 Å². The fourth-order valence-corrected chi connectivity index (χ4v) is 8.46. The quantitative estimate of drug-likeness (QED) is 0.605. The van der Waals surface area contributed by atoms with Gasteiger partial charge in [-0.1, -0.05) is 25.5 Å². The molecule has 6 nitrogen and oxygen atoms in total. The third kappa shape index (κ3) is 1.97. The second kappa shape index (κ2) is 5.93. The van der Waals surface area contributed by atoms with Crippen molar-refractivity contribution in [3.63, 3.8) is 0 Å². The molecule has 4 aliphatic carbocycles. The molecule has 7 heteroatoms. The van der Waals surface area contributed by atoms with Crippen molar-refractivity contribution in [2.45, 2.75) is 82.0 Å². The van der Waals surface area contributed by atoms with Gasteiger partial charge in [-0.05, 0) is 38.0 Å². The first-order chi connectivity index (χ1) is 14.2. The number of carbonyl (C=O) groups is 1. The second-order valence-electron chi connectivity index (χ2n) is 10.8. The predicted octanol–water partition coefficient (Wildman–Crippen LogP) is 3.02. The summed E-state index contributed by atoms with van der Waals surface area (Å²) in [7, 11) is 0. The summed E-state index contributed by atoms with van der Waals surface area (Å²) < 4.78 is 41.0. The van der Waals surface area contributed by atoms with Gasteiger partial charge < -0.3 is 24.1 Å². The number of fused-ring (bicyclic) bond motifs is 7. The van der Waals surface area contributed by atoms with Crippen molar-refractivity contribution in [1.29, 1.82) is 0 Å². The molecule has 0 aromatic carbocycles. The monoisotopic (exact) mass is 422 g/mol. The maximum atomic E-state index is 17.2. The molecule has 0 radical (unpaired) electrons. The van der Waals surface area contributed by atoms with Crippen molar-refractivity contribution in [3.05, 3.63) is 11.6 Å². The lowest BCUT2D eigenvalue weighted by molar-refractivity contribution is -0.271. The molecule has 1 unspecified atom stereocenters. The lowest BCUT2D eigenvalue weighted by Gasteiger charge is -2.63. The van der Waals surface area contributed by atoms with Crippen LogP contribution in [0, 0.1) is 22.7 Å². The van der Waals surface area contributed by atoms with Crippen LogP contribution in [-0.4, -0.2) is 54.2 Å². The maximum absolute atomic E-state index is 17.2. The van der Waals surface area contributed by atoms with Crippen LogP contribution >= 0.6 is 0 Å². The van der Waals surface area contributed by atoms with Gasteiger partial charge in [0, 0.05) is 29.6 Å². The number of Topliss-reactive ketones (excluding diaryl/α,β-unsaturated/α-hetero) is 1. The molecule has 0 bridgehead atoms. The number of halogens is 1. The normalized spacial score (nSPS) is 57.4. The molecule has 1 N–H and O–H groups in total. The second-order valence-corrected chi connectivity index (χ2v) is 10.8. The van der Waals surface area contributed by atoms with Crippen LogP contribution in [-0.2, 0) is 23.7 Å². The van der Waals surface area contributed by atoms with Crippen molar-refractivity contribution in [1.82, 2.24) is 0 Å². The zero-order valence-electron chi connectivity index (χ0n) is 17.7. The van der Waals surface area contributed by atoms with Gasteiger partial charge in [0.2, 0.25) is 5.79 Å². The summed E-state index contributed by atoms with van der Waals surface area (Å²) in [5, 5.41) is 11.5. The van der Waals surface area contributed by atoms with Gasteiger partial charge in [-0.15, -0.1) is 0 Å². The molecule has 8 atom stereocenters. The number of hydrogen-bond acceptors (Lipinski definition) is 6. The number of alkyl halides is 1. The number of aliphatic hydroxyl groups excluding tert-OH is 1. The van der Waals surface area contributed by atoms with Crippen molar-refractivity contribution in [2.24, 2.45) is 22.7 Å². The summed E-state index contributed by atoms with van der Waals surface area (Å²) >= 11 is 0. The Hall–Kier alpha value is -0.860. The van der Waals surface area contributed by atoms with Gasteiger partial charge in [-0.25, -0.2) is 4.39 Å². The third-order valence-electron chi connectivity index (χ3n) is 10.0. The van der Waals surface area contributed by atoms with Gasteiger partial charge in [0.25, 0.3) is 0 Å². The molecule has 30 heavy (non-hydrogen) atoms. The molecule has 0 aromatic heterocycles. The Bertz CT molecular complexity index is 817. The average molecular weight is 422 g/mol. The fraction of sp³-hybridized carbons (Fsp3) is 0.870. The van der Waals surface area contributed by atoms with E-state index in [0.717, 1.165) is 12.0 Å². The Labute approximate surface area is 176 Å². The van der Waals surface area contributed by atoms with E-state index in [-0.39, 0.29) is 37.6 Å². The SMILES string of the molecule is C[C@]12CCC(=O)CC1=CC[C@H]1[C@@H]3CC[C@@]4(OCOC45COCO5)[C@@]3(C)C[C@H](O)[C@@]12F. The third-order valence-corrected chi connectivity index (χ3v) is 10.0. The number of hydrogen-bond donors (Lipinski definition) is 1. The predicted molar refractivity (Wildman–Crippen MR) is 103 cm³/mol. The number of carbonyl (C=O) groups excluding carboxylic acids is 1. The van der Waals surface area contributed by atoms with Gasteiger partial charge in [0.1, 0.15) is 23.7 Å². The molecule has 2 heterocycles. The molecular formula is C23H31FO6. The van der Waals surface area contributed by atoms with Gasteiger partial charge in [-0.3, -0.25) is 4.79 Å². The zero-order valence-corrected chi connectivity index (χ0v) is 17.7. The first-order valence-corrected chi connectivity index (χ1v) is 11.3. The molecule has 6 aliphatic rings. The minimum Gasteiger partial charge on any atom is -0.390 e. The molecule has 3 saturated carbocycles. The molecule has 0 aromatic rings. The lowest BCUT2D eigenvalue weighted by atomic mass is 9.44. The highest BCUT2D eigenvalue weighted by Gasteiger charge is 2.79. The average Bonchev–Trinajstić information content (AvgIpc) is 3.40. The van der Waals surface area contributed by atoms with Crippen molar-refractivity contribution < 1.29 is 33.2 Å². The van der Waals surface area contributed by atoms with E-state index in [9.17, 15) is 9.90 Å². The van der Waals surface area contributed by atoms with Crippen LogP contribution in [0.25, 0.3) is 0 Å². The summed E-state index contributed by atoms with van der Waals surface area (Å²) in [6.45, 7) is 4.62. The summed E-state index contributed by atoms with van der Waals surface area (Å²) in [6.07, 6.45) is 4.47. The largest absolute Gasteiger partial charge is 0.390 e. The molecule has 166 valence electrons. The minimum absolute atomic E-state index is 0.0286. The molecule has 2 saturated heterocycles. The topological polar surface area (TPSA) is 74.2 Å². The molecule has 2 spiro atoms. The highest BCUT2D eigenvalue weighted by molar-refractivity contribution is 5.83. The van der Waals surface area contributed by atoms with Crippen molar-refractivity contribution in [2.75, 3.05) is 20.2 Å². The molecule has 2 aliphatic heterocycles. The summed E-state index contributed by atoms with van der Waals surface area (Å²) in [5.74, 6) is -1.10. The van der Waals surface area contributed by atoms with E-state index in [1.807, 2.05) is 6.92 Å². The fourth-order valence-electron chi connectivity index (χ4n) is 8.46. The summed E-state index contributed by atoms with van der Waals surface area (Å²) in [4.78, 5) is 12.1. The number of ether oxygens (including phenoxy) is 4. The number of rotatable bonds is 0. The molecular weight excluding hydrogens is 391 g/mol. The highest BCUT2D eigenvalue weighted by Crippen LogP contribution is 2.73. The molecule has 0 amide bonds. The van der Waals surface area contributed by atoms with Crippen LogP contribution in [0.4, 0.5) is 4.39 Å². The van der Waals surface area contributed by atoms with Crippen LogP contribution in [0.1, 0.15) is 58.8 Å². The number of allylic oxidation sites excluding steroid dienone is 2. The first kappa shape index (κ1) is 19.8. The van der Waals surface area contributed by atoms with Crippen LogP contribution < -0.4 is 0 Å². The minimum atomic E-state index is -1.74. The summed E-state index contributed by atoms with van der Waals surface area (Å²) in [5.41, 5.74) is -2.90. The van der Waals surface area contributed by atoms with E-state index in [1.165, 1.54) is 0 Å². The van der Waals surface area contributed by atoms with Crippen LogP contribution in [0.5, 0.6) is 0 Å². The van der Waals surface area contributed by atoms with E-state index < -0.39 is 34.0 Å². The van der Waals surface area contributed by atoms with Crippen molar-refractivity contribution in [3.8, 4) is 0 Å². The zero-order chi connectivity index (χ0) is 21.0.